The first-order valence-electron chi connectivity index (χ1n) is 3.57. The molecular weight excluding hydrogens is 199 g/mol. The fraction of sp³-hybridized carbons (Fsp3) is 0.250. The summed E-state index contributed by atoms with van der Waals surface area (Å²) >= 11 is 0. The maximum Gasteiger partial charge on any atom is 0.268 e. The second-order valence-corrected chi connectivity index (χ2v) is 2.36. The van der Waals surface area contributed by atoms with Crippen LogP contribution in [0.15, 0.2) is 6.20 Å². The lowest BCUT2D eigenvalue weighted by molar-refractivity contribution is 0.111. The van der Waals surface area contributed by atoms with E-state index < -0.39 is 23.6 Å². The number of pyridine rings is 1. The lowest BCUT2D eigenvalue weighted by Gasteiger charge is -2.07. The summed E-state index contributed by atoms with van der Waals surface area (Å²) in [5.74, 6) is -1.81. The Morgan fingerprint density at radius 1 is 1.57 bits per heavy atom. The highest BCUT2D eigenvalue weighted by Gasteiger charge is 2.20. The number of aldehydes is 1. The minimum absolute atomic E-state index is 0.233. The van der Waals surface area contributed by atoms with Crippen molar-refractivity contribution in [2.24, 2.45) is 0 Å². The second kappa shape index (κ2) is 4.08. The summed E-state index contributed by atoms with van der Waals surface area (Å²) < 4.78 is 41.9. The molecule has 1 rings (SSSR count). The summed E-state index contributed by atoms with van der Waals surface area (Å²) in [4.78, 5) is 13.7. The number of ether oxygens (including phenoxy) is 1. The van der Waals surface area contributed by atoms with Crippen LogP contribution in [0.2, 0.25) is 0 Å². The third kappa shape index (κ3) is 1.68. The number of nitrogens with zero attached hydrogens (tertiary/aromatic N) is 1. The zero-order valence-corrected chi connectivity index (χ0v) is 7.13. The molecule has 6 heteroatoms. The normalized spacial score (nSPS) is 10.4. The molecule has 0 aromatic carbocycles. The molecular formula is C8H6F3NO2. The van der Waals surface area contributed by atoms with Gasteiger partial charge in [0.15, 0.2) is 17.9 Å². The number of carbonyl (C=O) groups is 1. The van der Waals surface area contributed by atoms with E-state index in [1.165, 1.54) is 0 Å². The molecule has 0 atom stereocenters. The van der Waals surface area contributed by atoms with Crippen molar-refractivity contribution < 1.29 is 22.7 Å². The van der Waals surface area contributed by atoms with Gasteiger partial charge in [0.25, 0.3) is 6.43 Å². The van der Waals surface area contributed by atoms with E-state index in [9.17, 15) is 18.0 Å². The molecule has 0 bridgehead atoms. The largest absolute Gasteiger partial charge is 0.491 e. The molecule has 14 heavy (non-hydrogen) atoms. The molecule has 0 radical (unpaired) electrons. The van der Waals surface area contributed by atoms with Crippen molar-refractivity contribution in [2.75, 3.05) is 7.11 Å². The fourth-order valence-corrected chi connectivity index (χ4v) is 0.928. The van der Waals surface area contributed by atoms with Gasteiger partial charge in [-0.2, -0.15) is 0 Å². The van der Waals surface area contributed by atoms with E-state index in [4.69, 9.17) is 0 Å². The SMILES string of the molecule is COc1c(C=O)ncc(C(F)F)c1F. The molecule has 3 nitrogen and oxygen atoms in total. The van der Waals surface area contributed by atoms with Crippen LogP contribution in [-0.4, -0.2) is 18.4 Å². The number of alkyl halides is 2. The van der Waals surface area contributed by atoms with Crippen molar-refractivity contribution in [1.82, 2.24) is 4.98 Å². The zero-order valence-electron chi connectivity index (χ0n) is 7.13. The average molecular weight is 205 g/mol. The standard InChI is InChI=1S/C8H6F3NO2/c1-14-7-5(3-13)12-2-4(6(7)9)8(10)11/h2-3,8H,1H3. The lowest BCUT2D eigenvalue weighted by atomic mass is 10.2. The van der Waals surface area contributed by atoms with E-state index in [2.05, 4.69) is 9.72 Å². The zero-order chi connectivity index (χ0) is 10.7. The predicted octanol–water partition coefficient (Wildman–Crippen LogP) is 1.98. The number of aromatic nitrogens is 1. The summed E-state index contributed by atoms with van der Waals surface area (Å²) in [6.45, 7) is 0. The van der Waals surface area contributed by atoms with Gasteiger partial charge < -0.3 is 4.74 Å². The Morgan fingerprint density at radius 3 is 2.64 bits per heavy atom. The van der Waals surface area contributed by atoms with Crippen molar-refractivity contribution in [3.8, 4) is 5.75 Å². The van der Waals surface area contributed by atoms with Gasteiger partial charge in [-0.1, -0.05) is 0 Å². The molecule has 76 valence electrons. The number of hydrogen-bond donors (Lipinski definition) is 0. The molecule has 0 aliphatic carbocycles. The third-order valence-electron chi connectivity index (χ3n) is 1.58. The summed E-state index contributed by atoms with van der Waals surface area (Å²) in [5, 5.41) is 0. The molecule has 0 saturated heterocycles. The minimum atomic E-state index is -2.99. The van der Waals surface area contributed by atoms with Gasteiger partial charge in [0, 0.05) is 6.20 Å². The van der Waals surface area contributed by atoms with Gasteiger partial charge in [-0.05, 0) is 0 Å². The Morgan fingerprint density at radius 2 is 2.21 bits per heavy atom. The summed E-state index contributed by atoms with van der Waals surface area (Å²) in [5.41, 5.74) is -1.22. The van der Waals surface area contributed by atoms with Crippen LogP contribution in [0.25, 0.3) is 0 Å². The number of rotatable bonds is 3. The van der Waals surface area contributed by atoms with Gasteiger partial charge in [-0.3, -0.25) is 4.79 Å². The van der Waals surface area contributed by atoms with Crippen LogP contribution in [0.5, 0.6) is 5.75 Å². The molecule has 0 N–H and O–H groups in total. The number of carbonyl (C=O) groups excluding carboxylic acids is 1. The molecule has 1 heterocycles. The quantitative estimate of drug-likeness (QED) is 0.708. The number of hydrogen-bond acceptors (Lipinski definition) is 3. The molecule has 0 fully saturated rings. The van der Waals surface area contributed by atoms with Gasteiger partial charge in [-0.15, -0.1) is 0 Å². The predicted molar refractivity (Wildman–Crippen MR) is 41.1 cm³/mol. The topological polar surface area (TPSA) is 39.2 Å². The Hall–Kier alpha value is -1.59. The first-order valence-corrected chi connectivity index (χ1v) is 3.57. The fourth-order valence-electron chi connectivity index (χ4n) is 0.928. The molecule has 0 aliphatic rings. The van der Waals surface area contributed by atoms with Crippen molar-refractivity contribution in [1.29, 1.82) is 0 Å². The van der Waals surface area contributed by atoms with Crippen LogP contribution in [0.4, 0.5) is 13.2 Å². The van der Waals surface area contributed by atoms with Gasteiger partial charge in [0.1, 0.15) is 5.69 Å². The van der Waals surface area contributed by atoms with Crippen LogP contribution in [0.3, 0.4) is 0 Å². The highest BCUT2D eigenvalue weighted by molar-refractivity contribution is 5.76. The van der Waals surface area contributed by atoms with Crippen LogP contribution in [0, 0.1) is 5.82 Å². The van der Waals surface area contributed by atoms with Crippen LogP contribution < -0.4 is 4.74 Å². The molecule has 1 aromatic rings. The van der Waals surface area contributed by atoms with Crippen LogP contribution in [0.1, 0.15) is 22.5 Å². The van der Waals surface area contributed by atoms with E-state index in [1.54, 1.807) is 0 Å². The van der Waals surface area contributed by atoms with E-state index >= 15 is 0 Å². The van der Waals surface area contributed by atoms with Crippen LogP contribution in [-0.2, 0) is 0 Å². The molecule has 0 spiro atoms. The van der Waals surface area contributed by atoms with Gasteiger partial charge in [-0.25, -0.2) is 18.2 Å². The highest BCUT2D eigenvalue weighted by atomic mass is 19.3. The Labute approximate surface area is 77.5 Å². The van der Waals surface area contributed by atoms with E-state index in [-0.39, 0.29) is 12.0 Å². The van der Waals surface area contributed by atoms with Gasteiger partial charge >= 0.3 is 0 Å². The van der Waals surface area contributed by atoms with E-state index in [1.807, 2.05) is 0 Å². The summed E-state index contributed by atoms with van der Waals surface area (Å²) in [6.07, 6.45) is -2.14. The molecule has 1 aromatic heterocycles. The smallest absolute Gasteiger partial charge is 0.268 e. The number of methoxy groups -OCH3 is 1. The second-order valence-electron chi connectivity index (χ2n) is 2.36. The monoisotopic (exact) mass is 205 g/mol. The van der Waals surface area contributed by atoms with Crippen molar-refractivity contribution in [2.45, 2.75) is 6.43 Å². The number of halogens is 3. The molecule has 0 amide bonds. The van der Waals surface area contributed by atoms with Crippen LogP contribution >= 0.6 is 0 Å². The Balaban J connectivity index is 3.34. The third-order valence-corrected chi connectivity index (χ3v) is 1.58. The Bertz CT molecular complexity index is 355. The van der Waals surface area contributed by atoms with E-state index in [0.29, 0.717) is 6.20 Å². The van der Waals surface area contributed by atoms with Crippen molar-refractivity contribution in [3.05, 3.63) is 23.3 Å². The Kier molecular flexibility index (Phi) is 3.06. The summed E-state index contributed by atoms with van der Waals surface area (Å²) in [6, 6.07) is 0. The minimum Gasteiger partial charge on any atom is -0.491 e. The molecule has 0 unspecified atom stereocenters. The average Bonchev–Trinajstić information content (AvgIpc) is 2.16. The molecule has 0 saturated carbocycles. The van der Waals surface area contributed by atoms with E-state index in [0.717, 1.165) is 7.11 Å². The summed E-state index contributed by atoms with van der Waals surface area (Å²) in [7, 11) is 1.07. The lowest BCUT2D eigenvalue weighted by Crippen LogP contribution is -2.02. The van der Waals surface area contributed by atoms with Gasteiger partial charge in [0.2, 0.25) is 0 Å². The highest BCUT2D eigenvalue weighted by Crippen LogP contribution is 2.28. The van der Waals surface area contributed by atoms with Crippen molar-refractivity contribution >= 4 is 6.29 Å². The maximum atomic E-state index is 13.2. The van der Waals surface area contributed by atoms with Gasteiger partial charge in [0.05, 0.1) is 12.7 Å². The molecule has 0 aliphatic heterocycles. The first kappa shape index (κ1) is 10.5. The first-order chi connectivity index (χ1) is 6.61. The van der Waals surface area contributed by atoms with Crippen molar-refractivity contribution in [3.63, 3.8) is 0 Å². The maximum absolute atomic E-state index is 13.2.